The van der Waals surface area contributed by atoms with Crippen LogP contribution in [0.4, 0.5) is 0 Å². The third kappa shape index (κ3) is 4.27. The molecule has 1 aliphatic heterocycles. The molecule has 0 unspecified atom stereocenters. The van der Waals surface area contributed by atoms with E-state index in [-0.39, 0.29) is 17.8 Å². The fourth-order valence-corrected chi connectivity index (χ4v) is 2.47. The topological polar surface area (TPSA) is 85.5 Å². The predicted octanol–water partition coefficient (Wildman–Crippen LogP) is 1.11. The number of piperidine rings is 1. The van der Waals surface area contributed by atoms with Crippen LogP contribution in [-0.4, -0.2) is 46.6 Å². The second-order valence-electron chi connectivity index (χ2n) is 5.17. The van der Waals surface area contributed by atoms with Crippen molar-refractivity contribution < 1.29 is 18.8 Å². The molecule has 1 amide bonds. The van der Waals surface area contributed by atoms with E-state index in [0.29, 0.717) is 44.3 Å². The smallest absolute Gasteiger partial charge is 0.310 e. The van der Waals surface area contributed by atoms with E-state index < -0.39 is 0 Å². The zero-order valence-corrected chi connectivity index (χ0v) is 12.5. The minimum absolute atomic E-state index is 0.0138. The molecule has 0 aromatic carbocycles. The average Bonchev–Trinajstić information content (AvgIpc) is 2.91. The maximum Gasteiger partial charge on any atom is 0.310 e. The molecule has 7 heteroatoms. The van der Waals surface area contributed by atoms with Gasteiger partial charge in [-0.1, -0.05) is 5.16 Å². The van der Waals surface area contributed by atoms with Crippen molar-refractivity contribution in [1.82, 2.24) is 15.0 Å². The number of likely N-dealkylation sites (tertiary alicyclic amines) is 1. The van der Waals surface area contributed by atoms with Crippen LogP contribution in [0.5, 0.6) is 0 Å². The fraction of sp³-hybridized carbons (Fsp3) is 0.714. The Balaban J connectivity index is 1.82. The monoisotopic (exact) mass is 295 g/mol. The van der Waals surface area contributed by atoms with Crippen molar-refractivity contribution >= 4 is 11.9 Å². The first-order chi connectivity index (χ1) is 10.1. The van der Waals surface area contributed by atoms with E-state index in [1.165, 1.54) is 0 Å². The molecular formula is C14H21N3O4. The molecule has 0 aliphatic carbocycles. The van der Waals surface area contributed by atoms with Gasteiger partial charge in [-0.3, -0.25) is 9.59 Å². The second-order valence-corrected chi connectivity index (χ2v) is 5.17. The highest BCUT2D eigenvalue weighted by Gasteiger charge is 2.29. The lowest BCUT2D eigenvalue weighted by Crippen LogP contribution is -2.42. The summed E-state index contributed by atoms with van der Waals surface area (Å²) in [6.45, 7) is 5.04. The van der Waals surface area contributed by atoms with Crippen molar-refractivity contribution in [2.75, 3.05) is 19.7 Å². The van der Waals surface area contributed by atoms with Crippen LogP contribution in [0.2, 0.25) is 0 Å². The van der Waals surface area contributed by atoms with Gasteiger partial charge in [-0.2, -0.15) is 4.98 Å². The average molecular weight is 295 g/mol. The van der Waals surface area contributed by atoms with Gasteiger partial charge in [0, 0.05) is 25.9 Å². The maximum atomic E-state index is 12.2. The summed E-state index contributed by atoms with van der Waals surface area (Å²) in [6.07, 6.45) is 2.36. The molecule has 21 heavy (non-hydrogen) atoms. The van der Waals surface area contributed by atoms with Crippen LogP contribution in [0.25, 0.3) is 0 Å². The van der Waals surface area contributed by atoms with E-state index in [1.807, 2.05) is 0 Å². The molecule has 1 aromatic heterocycles. The lowest BCUT2D eigenvalue weighted by Gasteiger charge is -2.31. The molecule has 1 atom stereocenters. The number of hydrogen-bond donors (Lipinski definition) is 0. The van der Waals surface area contributed by atoms with Crippen LogP contribution in [0.3, 0.4) is 0 Å². The Hall–Kier alpha value is -1.92. The van der Waals surface area contributed by atoms with E-state index in [0.717, 1.165) is 12.8 Å². The number of ether oxygens (including phenoxy) is 1. The zero-order valence-electron chi connectivity index (χ0n) is 12.5. The summed E-state index contributed by atoms with van der Waals surface area (Å²) in [5.41, 5.74) is 0. The Morgan fingerprint density at radius 2 is 2.29 bits per heavy atom. The summed E-state index contributed by atoms with van der Waals surface area (Å²) in [4.78, 5) is 29.7. The van der Waals surface area contributed by atoms with Crippen molar-refractivity contribution in [2.45, 2.75) is 39.5 Å². The summed E-state index contributed by atoms with van der Waals surface area (Å²) in [7, 11) is 0. The highest BCUT2D eigenvalue weighted by molar-refractivity contribution is 5.78. The first-order valence-corrected chi connectivity index (χ1v) is 7.33. The number of aryl methyl sites for hydroxylation is 2. The van der Waals surface area contributed by atoms with Crippen LogP contribution in [0.15, 0.2) is 4.52 Å². The quantitative estimate of drug-likeness (QED) is 0.756. The Labute approximate surface area is 123 Å². The number of aromatic nitrogens is 2. The van der Waals surface area contributed by atoms with Crippen LogP contribution in [0, 0.1) is 12.8 Å². The molecule has 1 aliphatic rings. The van der Waals surface area contributed by atoms with Gasteiger partial charge in [0.05, 0.1) is 12.5 Å². The molecule has 0 saturated carbocycles. The Bertz CT molecular complexity index is 500. The molecule has 1 fully saturated rings. The third-order valence-corrected chi connectivity index (χ3v) is 3.52. The van der Waals surface area contributed by atoms with E-state index in [1.54, 1.807) is 18.7 Å². The third-order valence-electron chi connectivity index (χ3n) is 3.52. The van der Waals surface area contributed by atoms with E-state index in [4.69, 9.17) is 9.26 Å². The van der Waals surface area contributed by atoms with E-state index in [2.05, 4.69) is 10.1 Å². The van der Waals surface area contributed by atoms with Gasteiger partial charge in [-0.15, -0.1) is 0 Å². The predicted molar refractivity (Wildman–Crippen MR) is 73.3 cm³/mol. The van der Waals surface area contributed by atoms with Crippen LogP contribution >= 0.6 is 0 Å². The molecular weight excluding hydrogens is 274 g/mol. The van der Waals surface area contributed by atoms with Gasteiger partial charge >= 0.3 is 5.97 Å². The first-order valence-electron chi connectivity index (χ1n) is 7.33. The summed E-state index contributed by atoms with van der Waals surface area (Å²) in [5.74, 6) is 0.647. The van der Waals surface area contributed by atoms with Crippen LogP contribution in [-0.2, 0) is 20.7 Å². The molecule has 0 N–H and O–H groups in total. The van der Waals surface area contributed by atoms with Gasteiger partial charge in [0.2, 0.25) is 11.8 Å². The van der Waals surface area contributed by atoms with Gasteiger partial charge in [0.15, 0.2) is 5.82 Å². The number of amides is 1. The van der Waals surface area contributed by atoms with E-state index >= 15 is 0 Å². The van der Waals surface area contributed by atoms with Gasteiger partial charge in [0.1, 0.15) is 0 Å². The number of carbonyl (C=O) groups is 2. The molecule has 1 saturated heterocycles. The summed E-state index contributed by atoms with van der Waals surface area (Å²) in [5, 5.41) is 3.69. The highest BCUT2D eigenvalue weighted by Crippen LogP contribution is 2.19. The van der Waals surface area contributed by atoms with Crippen molar-refractivity contribution in [2.24, 2.45) is 5.92 Å². The molecule has 0 bridgehead atoms. The highest BCUT2D eigenvalue weighted by atomic mass is 16.5. The molecule has 0 radical (unpaired) electrons. The SMILES string of the molecule is CCOC(=O)[C@H]1CCCN(C(=O)CCc2nc(C)no2)C1. The fourth-order valence-electron chi connectivity index (χ4n) is 2.47. The van der Waals surface area contributed by atoms with Crippen molar-refractivity contribution in [3.63, 3.8) is 0 Å². The maximum absolute atomic E-state index is 12.2. The Morgan fingerprint density at radius 3 is 2.95 bits per heavy atom. The number of hydrogen-bond acceptors (Lipinski definition) is 6. The lowest BCUT2D eigenvalue weighted by molar-refractivity contribution is -0.151. The summed E-state index contributed by atoms with van der Waals surface area (Å²) >= 11 is 0. The van der Waals surface area contributed by atoms with Crippen molar-refractivity contribution in [1.29, 1.82) is 0 Å². The first kappa shape index (κ1) is 15.5. The van der Waals surface area contributed by atoms with Gasteiger partial charge in [0.25, 0.3) is 0 Å². The Kier molecular flexibility index (Phi) is 5.30. The minimum atomic E-state index is -0.206. The van der Waals surface area contributed by atoms with Gasteiger partial charge < -0.3 is 14.2 Å². The van der Waals surface area contributed by atoms with Crippen LogP contribution in [0.1, 0.15) is 37.9 Å². The minimum Gasteiger partial charge on any atom is -0.466 e. The molecule has 1 aromatic rings. The van der Waals surface area contributed by atoms with E-state index in [9.17, 15) is 9.59 Å². The molecule has 0 spiro atoms. The van der Waals surface area contributed by atoms with Crippen molar-refractivity contribution in [3.05, 3.63) is 11.7 Å². The standard InChI is InChI=1S/C14H21N3O4/c1-3-20-14(19)11-5-4-8-17(9-11)13(18)7-6-12-15-10(2)16-21-12/h11H,3-9H2,1-2H3/t11-/m0/s1. The second kappa shape index (κ2) is 7.19. The number of rotatable bonds is 5. The summed E-state index contributed by atoms with van der Waals surface area (Å²) in [6, 6.07) is 0. The number of esters is 1. The zero-order chi connectivity index (χ0) is 15.2. The largest absolute Gasteiger partial charge is 0.466 e. The van der Waals surface area contributed by atoms with Crippen molar-refractivity contribution in [3.8, 4) is 0 Å². The normalized spacial score (nSPS) is 18.6. The van der Waals surface area contributed by atoms with Crippen LogP contribution < -0.4 is 0 Å². The molecule has 2 heterocycles. The Morgan fingerprint density at radius 1 is 1.48 bits per heavy atom. The number of carbonyl (C=O) groups excluding carboxylic acids is 2. The van der Waals surface area contributed by atoms with Gasteiger partial charge in [-0.05, 0) is 26.7 Å². The summed E-state index contributed by atoms with van der Waals surface area (Å²) < 4.78 is 10.0. The molecule has 2 rings (SSSR count). The van der Waals surface area contributed by atoms with Gasteiger partial charge in [-0.25, -0.2) is 0 Å². The lowest BCUT2D eigenvalue weighted by atomic mass is 9.98. The molecule has 116 valence electrons. The number of nitrogens with zero attached hydrogens (tertiary/aromatic N) is 3. The molecule has 7 nitrogen and oxygen atoms in total.